The molecule has 5 aliphatic heterocycles. The number of nitrogens with zero attached hydrogens (tertiary/aromatic N) is 2. The molecular weight excluding hydrogens is 368 g/mol. The van der Waals surface area contributed by atoms with Crippen LogP contribution in [-0.4, -0.2) is 67.9 Å². The van der Waals surface area contributed by atoms with E-state index in [1.807, 2.05) is 6.07 Å². The SMILES string of the molecule is COCCCCCC(=O)N1C[C@H](c2ccc3c(c2)OCO3)[C@H]2[C@@H]1C1CCN2CC1. The second-order valence-corrected chi connectivity index (χ2v) is 8.92. The summed E-state index contributed by atoms with van der Waals surface area (Å²) in [6.45, 7) is 4.26. The Morgan fingerprint density at radius 2 is 1.93 bits per heavy atom. The molecule has 6 nitrogen and oxygen atoms in total. The Kier molecular flexibility index (Phi) is 5.39. The number of hydrogen-bond acceptors (Lipinski definition) is 5. The minimum atomic E-state index is 0.303. The van der Waals surface area contributed by atoms with Crippen molar-refractivity contribution < 1.29 is 19.0 Å². The highest BCUT2D eigenvalue weighted by molar-refractivity contribution is 5.77. The summed E-state index contributed by atoms with van der Waals surface area (Å²) in [6, 6.07) is 7.17. The molecule has 5 heterocycles. The van der Waals surface area contributed by atoms with E-state index in [-0.39, 0.29) is 0 Å². The van der Waals surface area contributed by atoms with Gasteiger partial charge in [0.2, 0.25) is 12.7 Å². The molecule has 0 unspecified atom stereocenters. The number of benzene rings is 1. The molecule has 5 aliphatic rings. The monoisotopic (exact) mass is 400 g/mol. The number of amides is 1. The number of likely N-dealkylation sites (tertiary alicyclic amines) is 1. The number of hydrogen-bond donors (Lipinski definition) is 0. The van der Waals surface area contributed by atoms with Gasteiger partial charge in [-0.1, -0.05) is 12.5 Å². The zero-order valence-corrected chi connectivity index (χ0v) is 17.3. The smallest absolute Gasteiger partial charge is 0.231 e. The van der Waals surface area contributed by atoms with Gasteiger partial charge in [0.15, 0.2) is 11.5 Å². The van der Waals surface area contributed by atoms with Crippen molar-refractivity contribution in [2.45, 2.75) is 56.5 Å². The number of piperidine rings is 3. The van der Waals surface area contributed by atoms with Gasteiger partial charge in [-0.2, -0.15) is 0 Å². The summed E-state index contributed by atoms with van der Waals surface area (Å²) in [5.74, 6) is 3.03. The highest BCUT2D eigenvalue weighted by atomic mass is 16.7. The summed E-state index contributed by atoms with van der Waals surface area (Å²) >= 11 is 0. The number of carbonyl (C=O) groups excluding carboxylic acids is 1. The van der Waals surface area contributed by atoms with Crippen molar-refractivity contribution in [3.8, 4) is 11.5 Å². The first kappa shape index (κ1) is 19.2. The highest BCUT2D eigenvalue weighted by Gasteiger charge is 2.54. The van der Waals surface area contributed by atoms with Crippen LogP contribution in [0.1, 0.15) is 50.0 Å². The molecule has 0 radical (unpaired) electrons. The molecule has 0 aromatic heterocycles. The Labute approximate surface area is 173 Å². The molecule has 0 N–H and O–H groups in total. The number of ether oxygens (including phenoxy) is 3. The van der Waals surface area contributed by atoms with Crippen LogP contribution in [0.25, 0.3) is 0 Å². The largest absolute Gasteiger partial charge is 0.454 e. The lowest BCUT2D eigenvalue weighted by Crippen LogP contribution is -2.60. The molecule has 0 spiro atoms. The first-order valence-corrected chi connectivity index (χ1v) is 11.2. The topological polar surface area (TPSA) is 51.2 Å². The van der Waals surface area contributed by atoms with Crippen LogP contribution in [0.15, 0.2) is 18.2 Å². The average Bonchev–Trinajstić information content (AvgIpc) is 3.39. The molecule has 6 heteroatoms. The van der Waals surface area contributed by atoms with Crippen molar-refractivity contribution >= 4 is 5.91 Å². The Bertz CT molecular complexity index is 746. The molecule has 3 atom stereocenters. The van der Waals surface area contributed by atoms with Gasteiger partial charge in [0, 0.05) is 38.6 Å². The van der Waals surface area contributed by atoms with Crippen LogP contribution in [0.4, 0.5) is 0 Å². The van der Waals surface area contributed by atoms with Gasteiger partial charge in [-0.05, 0) is 62.4 Å². The number of methoxy groups -OCH3 is 1. The van der Waals surface area contributed by atoms with Gasteiger partial charge in [0.05, 0.1) is 6.04 Å². The molecule has 6 rings (SSSR count). The van der Waals surface area contributed by atoms with E-state index < -0.39 is 0 Å². The number of fused-ring (bicyclic) bond motifs is 3. The van der Waals surface area contributed by atoms with Crippen LogP contribution in [0, 0.1) is 5.92 Å². The first-order valence-electron chi connectivity index (χ1n) is 11.2. The first-order chi connectivity index (χ1) is 14.3. The summed E-state index contributed by atoms with van der Waals surface area (Å²) in [7, 11) is 1.74. The highest BCUT2D eigenvalue weighted by Crippen LogP contribution is 2.48. The van der Waals surface area contributed by atoms with Crippen molar-refractivity contribution in [2.24, 2.45) is 5.92 Å². The summed E-state index contributed by atoms with van der Waals surface area (Å²) in [5, 5.41) is 0. The lowest BCUT2D eigenvalue weighted by molar-refractivity contribution is -0.136. The van der Waals surface area contributed by atoms with Crippen LogP contribution in [0.2, 0.25) is 0 Å². The maximum Gasteiger partial charge on any atom is 0.231 e. The predicted molar refractivity (Wildman–Crippen MR) is 109 cm³/mol. The average molecular weight is 401 g/mol. The van der Waals surface area contributed by atoms with Gasteiger partial charge in [-0.3, -0.25) is 9.69 Å². The van der Waals surface area contributed by atoms with Gasteiger partial charge in [0.1, 0.15) is 0 Å². The van der Waals surface area contributed by atoms with Crippen LogP contribution in [0.3, 0.4) is 0 Å². The summed E-state index contributed by atoms with van der Waals surface area (Å²) in [5.41, 5.74) is 1.28. The summed E-state index contributed by atoms with van der Waals surface area (Å²) in [4.78, 5) is 18.1. The Balaban J connectivity index is 1.34. The van der Waals surface area contributed by atoms with Gasteiger partial charge >= 0.3 is 0 Å². The fraction of sp³-hybridized carbons (Fsp3) is 0.696. The minimum absolute atomic E-state index is 0.303. The van der Waals surface area contributed by atoms with E-state index in [9.17, 15) is 4.79 Å². The third kappa shape index (κ3) is 3.50. The van der Waals surface area contributed by atoms with E-state index in [4.69, 9.17) is 14.2 Å². The third-order valence-corrected chi connectivity index (χ3v) is 7.38. The van der Waals surface area contributed by atoms with E-state index in [0.717, 1.165) is 43.9 Å². The van der Waals surface area contributed by atoms with E-state index in [1.165, 1.54) is 31.5 Å². The van der Waals surface area contributed by atoms with Crippen molar-refractivity contribution in [3.63, 3.8) is 0 Å². The molecule has 29 heavy (non-hydrogen) atoms. The third-order valence-electron chi connectivity index (χ3n) is 7.38. The molecule has 158 valence electrons. The van der Waals surface area contributed by atoms with E-state index >= 15 is 0 Å². The molecule has 0 aliphatic carbocycles. The number of carbonyl (C=O) groups is 1. The van der Waals surface area contributed by atoms with Crippen LogP contribution in [0.5, 0.6) is 11.5 Å². The number of rotatable bonds is 7. The Hall–Kier alpha value is -1.79. The standard InChI is InChI=1S/C23H32N2O4/c1-27-12-4-2-3-5-21(26)25-14-18(17-6-7-19-20(13-17)29-15-28-19)23-22(25)16-8-10-24(23)11-9-16/h6-7,13,16,18,22-23H,2-5,8-12,14-15H2,1H3/t18-,22+,23+/m1/s1. The van der Waals surface area contributed by atoms with E-state index in [1.54, 1.807) is 7.11 Å². The summed E-state index contributed by atoms with van der Waals surface area (Å²) in [6.07, 6.45) is 6.17. The van der Waals surface area contributed by atoms with Crippen molar-refractivity contribution in [2.75, 3.05) is 40.1 Å². The zero-order chi connectivity index (χ0) is 19.8. The summed E-state index contributed by atoms with van der Waals surface area (Å²) < 4.78 is 16.3. The molecule has 1 amide bonds. The van der Waals surface area contributed by atoms with Gasteiger partial charge in [-0.25, -0.2) is 0 Å². The molecule has 4 saturated heterocycles. The molecular formula is C23H32N2O4. The molecule has 1 aromatic rings. The van der Waals surface area contributed by atoms with Crippen molar-refractivity contribution in [3.05, 3.63) is 23.8 Å². The van der Waals surface area contributed by atoms with Crippen LogP contribution >= 0.6 is 0 Å². The lowest BCUT2D eigenvalue weighted by Gasteiger charge is -2.51. The maximum atomic E-state index is 13.2. The quantitative estimate of drug-likeness (QED) is 0.659. The maximum absolute atomic E-state index is 13.2. The lowest BCUT2D eigenvalue weighted by atomic mass is 9.75. The van der Waals surface area contributed by atoms with Gasteiger partial charge in [-0.15, -0.1) is 0 Å². The fourth-order valence-electron chi connectivity index (χ4n) is 5.98. The Morgan fingerprint density at radius 1 is 1.10 bits per heavy atom. The van der Waals surface area contributed by atoms with E-state index in [2.05, 4.69) is 21.9 Å². The fourth-order valence-corrected chi connectivity index (χ4v) is 5.98. The molecule has 4 fully saturated rings. The second kappa shape index (κ2) is 8.15. The number of unbranched alkanes of at least 4 members (excludes halogenated alkanes) is 2. The minimum Gasteiger partial charge on any atom is -0.454 e. The molecule has 1 aromatic carbocycles. The van der Waals surface area contributed by atoms with Crippen molar-refractivity contribution in [1.82, 2.24) is 9.80 Å². The molecule has 2 bridgehead atoms. The van der Waals surface area contributed by atoms with Crippen molar-refractivity contribution in [1.29, 1.82) is 0 Å². The Morgan fingerprint density at radius 3 is 2.76 bits per heavy atom. The van der Waals surface area contributed by atoms with Crippen LogP contribution in [-0.2, 0) is 9.53 Å². The van der Waals surface area contributed by atoms with E-state index in [0.29, 0.717) is 43.0 Å². The molecule has 0 saturated carbocycles. The zero-order valence-electron chi connectivity index (χ0n) is 17.3. The van der Waals surface area contributed by atoms with Gasteiger partial charge < -0.3 is 19.1 Å². The normalized spacial score (nSPS) is 31.9. The predicted octanol–water partition coefficient (Wildman–Crippen LogP) is 3.01. The second-order valence-electron chi connectivity index (χ2n) is 8.92. The van der Waals surface area contributed by atoms with Crippen LogP contribution < -0.4 is 9.47 Å². The van der Waals surface area contributed by atoms with Gasteiger partial charge in [0.25, 0.3) is 0 Å².